The maximum absolute atomic E-state index is 11.9. The lowest BCUT2D eigenvalue weighted by Gasteiger charge is -2.05. The number of carbonyl (C=O) groups is 2. The zero-order chi connectivity index (χ0) is 15.4. The summed E-state index contributed by atoms with van der Waals surface area (Å²) in [5.41, 5.74) is 2.61. The second-order valence-electron chi connectivity index (χ2n) is 4.76. The molecule has 0 unspecified atom stereocenters. The second kappa shape index (κ2) is 6.21. The molecule has 1 aromatic heterocycles. The molecule has 0 bridgehead atoms. The predicted octanol–water partition coefficient (Wildman–Crippen LogP) is 1.85. The lowest BCUT2D eigenvalue weighted by atomic mass is 10.1. The Morgan fingerprint density at radius 2 is 1.90 bits per heavy atom. The third-order valence-corrected chi connectivity index (χ3v) is 3.21. The van der Waals surface area contributed by atoms with Crippen LogP contribution >= 0.6 is 0 Å². The van der Waals surface area contributed by atoms with E-state index in [0.717, 1.165) is 16.8 Å². The zero-order valence-corrected chi connectivity index (χ0v) is 11.8. The molecule has 21 heavy (non-hydrogen) atoms. The molecule has 0 saturated heterocycles. The first-order valence-corrected chi connectivity index (χ1v) is 6.48. The van der Waals surface area contributed by atoms with Crippen LogP contribution < -0.4 is 5.32 Å². The fourth-order valence-electron chi connectivity index (χ4n) is 1.95. The molecule has 0 aliphatic carbocycles. The number of hydrogen-bond acceptors (Lipinski definition) is 4. The summed E-state index contributed by atoms with van der Waals surface area (Å²) in [5, 5.41) is 15.4. The molecule has 0 fully saturated rings. The first-order valence-electron chi connectivity index (χ1n) is 6.48. The number of aromatic carboxylic acids is 1. The van der Waals surface area contributed by atoms with E-state index in [1.54, 1.807) is 19.1 Å². The Labute approximate surface area is 121 Å². The van der Waals surface area contributed by atoms with Gasteiger partial charge in [-0.15, -0.1) is 0 Å². The Morgan fingerprint density at radius 3 is 2.43 bits per heavy atom. The van der Waals surface area contributed by atoms with E-state index in [9.17, 15) is 9.59 Å². The van der Waals surface area contributed by atoms with Crippen LogP contribution in [0.15, 0.2) is 28.8 Å². The summed E-state index contributed by atoms with van der Waals surface area (Å²) in [5.74, 6) is -0.430. The standard InChI is InChI=1S/C15H16N2O4/c1-9-13(10(2)21-17-9)8-16-14(18)7-11-3-5-12(6-4-11)15(19)20/h3-6H,7-8H2,1-2H3,(H,16,18)(H,19,20). The highest BCUT2D eigenvalue weighted by Crippen LogP contribution is 2.11. The summed E-state index contributed by atoms with van der Waals surface area (Å²) in [7, 11) is 0. The lowest BCUT2D eigenvalue weighted by molar-refractivity contribution is -0.120. The summed E-state index contributed by atoms with van der Waals surface area (Å²) in [6.45, 7) is 3.99. The number of rotatable bonds is 5. The third kappa shape index (κ3) is 3.68. The predicted molar refractivity (Wildman–Crippen MR) is 74.9 cm³/mol. The Kier molecular flexibility index (Phi) is 4.37. The first kappa shape index (κ1) is 14.8. The summed E-state index contributed by atoms with van der Waals surface area (Å²) < 4.78 is 5.02. The largest absolute Gasteiger partial charge is 0.478 e. The van der Waals surface area contributed by atoms with Gasteiger partial charge in [0, 0.05) is 12.1 Å². The van der Waals surface area contributed by atoms with Gasteiger partial charge >= 0.3 is 5.97 Å². The van der Waals surface area contributed by atoms with Crippen molar-refractivity contribution in [3.8, 4) is 0 Å². The molecule has 2 rings (SSSR count). The van der Waals surface area contributed by atoms with Gasteiger partial charge in [-0.2, -0.15) is 0 Å². The molecule has 0 aliphatic rings. The number of nitrogens with zero attached hydrogens (tertiary/aromatic N) is 1. The van der Waals surface area contributed by atoms with Gasteiger partial charge in [0.05, 0.1) is 17.7 Å². The Bertz CT molecular complexity index is 639. The normalized spacial score (nSPS) is 10.4. The van der Waals surface area contributed by atoms with Crippen molar-refractivity contribution in [2.24, 2.45) is 0 Å². The van der Waals surface area contributed by atoms with E-state index in [2.05, 4.69) is 10.5 Å². The smallest absolute Gasteiger partial charge is 0.335 e. The monoisotopic (exact) mass is 288 g/mol. The lowest BCUT2D eigenvalue weighted by Crippen LogP contribution is -2.25. The van der Waals surface area contributed by atoms with Gasteiger partial charge in [-0.3, -0.25) is 4.79 Å². The number of carboxylic acid groups (broad SMARTS) is 1. The molecule has 1 amide bonds. The number of carboxylic acids is 1. The molecular weight excluding hydrogens is 272 g/mol. The SMILES string of the molecule is Cc1noc(C)c1CNC(=O)Cc1ccc(C(=O)O)cc1. The highest BCUT2D eigenvalue weighted by molar-refractivity contribution is 5.87. The molecular formula is C15H16N2O4. The quantitative estimate of drug-likeness (QED) is 0.876. The number of benzene rings is 1. The molecule has 6 nitrogen and oxygen atoms in total. The molecule has 1 heterocycles. The Morgan fingerprint density at radius 1 is 1.24 bits per heavy atom. The van der Waals surface area contributed by atoms with Gasteiger partial charge < -0.3 is 14.9 Å². The second-order valence-corrected chi connectivity index (χ2v) is 4.76. The summed E-state index contributed by atoms with van der Waals surface area (Å²) in [6.07, 6.45) is 0.198. The number of carbonyl (C=O) groups excluding carboxylic acids is 1. The number of aryl methyl sites for hydroxylation is 2. The van der Waals surface area contributed by atoms with Gasteiger partial charge in [0.25, 0.3) is 0 Å². The number of amides is 1. The Hall–Kier alpha value is -2.63. The highest BCUT2D eigenvalue weighted by Gasteiger charge is 2.11. The van der Waals surface area contributed by atoms with Crippen molar-refractivity contribution >= 4 is 11.9 Å². The summed E-state index contributed by atoms with van der Waals surface area (Å²) in [4.78, 5) is 22.6. The van der Waals surface area contributed by atoms with Crippen LogP contribution in [0.2, 0.25) is 0 Å². The number of aromatic nitrogens is 1. The number of nitrogens with one attached hydrogen (secondary N) is 1. The minimum absolute atomic E-state index is 0.141. The average Bonchev–Trinajstić information content (AvgIpc) is 2.76. The van der Waals surface area contributed by atoms with Crippen LogP contribution in [-0.2, 0) is 17.8 Å². The van der Waals surface area contributed by atoms with E-state index in [4.69, 9.17) is 9.63 Å². The molecule has 0 radical (unpaired) electrons. The molecule has 0 aliphatic heterocycles. The molecule has 0 saturated carbocycles. The summed E-state index contributed by atoms with van der Waals surface area (Å²) >= 11 is 0. The molecule has 110 valence electrons. The van der Waals surface area contributed by atoms with E-state index in [1.807, 2.05) is 6.92 Å². The minimum Gasteiger partial charge on any atom is -0.478 e. The van der Waals surface area contributed by atoms with Gasteiger partial charge in [-0.25, -0.2) is 4.79 Å². The van der Waals surface area contributed by atoms with Crippen LogP contribution in [0, 0.1) is 13.8 Å². The van der Waals surface area contributed by atoms with Crippen molar-refractivity contribution < 1.29 is 19.2 Å². The van der Waals surface area contributed by atoms with Crippen molar-refractivity contribution in [1.82, 2.24) is 10.5 Å². The van der Waals surface area contributed by atoms with Gasteiger partial charge in [0.15, 0.2) is 0 Å². The maximum Gasteiger partial charge on any atom is 0.335 e. The van der Waals surface area contributed by atoms with Gasteiger partial charge in [-0.1, -0.05) is 17.3 Å². The van der Waals surface area contributed by atoms with Crippen molar-refractivity contribution in [1.29, 1.82) is 0 Å². The van der Waals surface area contributed by atoms with Crippen molar-refractivity contribution in [3.05, 3.63) is 52.4 Å². The van der Waals surface area contributed by atoms with E-state index < -0.39 is 5.97 Å². The fraction of sp³-hybridized carbons (Fsp3) is 0.267. The highest BCUT2D eigenvalue weighted by atomic mass is 16.5. The van der Waals surface area contributed by atoms with Crippen LogP contribution in [0.5, 0.6) is 0 Å². The third-order valence-electron chi connectivity index (χ3n) is 3.21. The average molecular weight is 288 g/mol. The topological polar surface area (TPSA) is 92.4 Å². The van der Waals surface area contributed by atoms with Crippen molar-refractivity contribution in [3.63, 3.8) is 0 Å². The molecule has 2 N–H and O–H groups in total. The molecule has 2 aromatic rings. The molecule has 1 aromatic carbocycles. The zero-order valence-electron chi connectivity index (χ0n) is 11.8. The molecule has 0 atom stereocenters. The fourth-order valence-corrected chi connectivity index (χ4v) is 1.95. The molecule has 0 spiro atoms. The van der Waals surface area contributed by atoms with Crippen LogP contribution in [0.4, 0.5) is 0 Å². The maximum atomic E-state index is 11.9. The Balaban J connectivity index is 1.91. The van der Waals surface area contributed by atoms with Crippen molar-refractivity contribution in [2.75, 3.05) is 0 Å². The van der Waals surface area contributed by atoms with Crippen LogP contribution in [0.1, 0.15) is 32.9 Å². The van der Waals surface area contributed by atoms with Crippen molar-refractivity contribution in [2.45, 2.75) is 26.8 Å². The van der Waals surface area contributed by atoms with Crippen LogP contribution in [0.3, 0.4) is 0 Å². The van der Waals surface area contributed by atoms with Crippen LogP contribution in [-0.4, -0.2) is 22.1 Å². The van der Waals surface area contributed by atoms with E-state index >= 15 is 0 Å². The van der Waals surface area contributed by atoms with Gasteiger partial charge in [0.1, 0.15) is 5.76 Å². The van der Waals surface area contributed by atoms with Gasteiger partial charge in [0.2, 0.25) is 5.91 Å². The minimum atomic E-state index is -0.982. The van der Waals surface area contributed by atoms with Gasteiger partial charge in [-0.05, 0) is 31.5 Å². The number of hydrogen-bond donors (Lipinski definition) is 2. The van der Waals surface area contributed by atoms with Crippen LogP contribution in [0.25, 0.3) is 0 Å². The molecule has 6 heteroatoms. The van der Waals surface area contributed by atoms with E-state index in [0.29, 0.717) is 12.3 Å². The van der Waals surface area contributed by atoms with E-state index in [1.165, 1.54) is 12.1 Å². The summed E-state index contributed by atoms with van der Waals surface area (Å²) in [6, 6.07) is 6.25. The van der Waals surface area contributed by atoms with E-state index in [-0.39, 0.29) is 17.9 Å². The first-order chi connectivity index (χ1) is 9.97.